The number of carboxylic acid groups (broad SMARTS) is 1. The van der Waals surface area contributed by atoms with Crippen LogP contribution in [0.4, 0.5) is 56.2 Å². The number of nitrogen functional groups attached to an aromatic ring is 1. The number of ether oxygens (including phenoxy) is 6. The van der Waals surface area contributed by atoms with E-state index in [4.69, 9.17) is 33.5 Å². The van der Waals surface area contributed by atoms with Gasteiger partial charge in [0, 0.05) is 77.9 Å². The zero-order chi connectivity index (χ0) is 59.6. The number of nitrogens with two attached hydrogens (primary N) is 1. The average Bonchev–Trinajstić information content (AvgIpc) is 3.64. The smallest absolute Gasteiger partial charge is 0.478 e. The van der Waals surface area contributed by atoms with Crippen molar-refractivity contribution < 1.29 is 83.1 Å². The Morgan fingerprint density at radius 2 is 0.964 bits per heavy atom. The number of imidazole rings is 3. The number of rotatable bonds is 21. The predicted octanol–water partition coefficient (Wildman–Crippen LogP) is 9.47. The third kappa shape index (κ3) is 15.1. The molecule has 5 heterocycles. The number of methoxy groups -OCH3 is 4. The molecule has 0 aliphatic heterocycles. The monoisotopic (exact) mass is 1160 g/mol. The molecular formula is C53H52F6N12O12. The average molecular weight is 1160 g/mol. The Morgan fingerprint density at radius 1 is 0.542 bits per heavy atom. The van der Waals surface area contributed by atoms with Gasteiger partial charge in [0.25, 0.3) is 5.91 Å². The van der Waals surface area contributed by atoms with Gasteiger partial charge in [-0.2, -0.15) is 9.97 Å². The third-order valence-corrected chi connectivity index (χ3v) is 12.0. The summed E-state index contributed by atoms with van der Waals surface area (Å²) in [4.78, 5) is 56.5. The van der Waals surface area contributed by atoms with Gasteiger partial charge in [0.05, 0.1) is 65.1 Å². The summed E-state index contributed by atoms with van der Waals surface area (Å²) in [5.74, 6) is -1.08. The summed E-state index contributed by atoms with van der Waals surface area (Å²) in [6, 6.07) is 22.2. The van der Waals surface area contributed by atoms with Crippen molar-refractivity contribution in [2.75, 3.05) is 77.8 Å². The highest BCUT2D eigenvalue weighted by Gasteiger charge is 2.32. The van der Waals surface area contributed by atoms with Crippen molar-refractivity contribution in [1.29, 1.82) is 0 Å². The van der Waals surface area contributed by atoms with Crippen LogP contribution in [-0.2, 0) is 38.6 Å². The van der Waals surface area contributed by atoms with Crippen LogP contribution in [0.2, 0.25) is 0 Å². The number of aromatic nitrogens is 8. The van der Waals surface area contributed by atoms with E-state index in [0.717, 1.165) is 40.8 Å². The van der Waals surface area contributed by atoms with Gasteiger partial charge in [0.1, 0.15) is 22.5 Å². The van der Waals surface area contributed by atoms with Gasteiger partial charge in [0.15, 0.2) is 16.9 Å². The third-order valence-electron chi connectivity index (χ3n) is 12.0. The Kier molecular flexibility index (Phi) is 18.6. The normalized spacial score (nSPS) is 11.7. The molecule has 6 N–H and O–H groups in total. The number of alkyl halides is 6. The lowest BCUT2D eigenvalue weighted by Crippen LogP contribution is -2.26. The Morgan fingerprint density at radius 3 is 1.42 bits per heavy atom. The highest BCUT2D eigenvalue weighted by molar-refractivity contribution is 5.99. The first-order valence-corrected chi connectivity index (χ1v) is 24.7. The van der Waals surface area contributed by atoms with E-state index >= 15 is 0 Å². The van der Waals surface area contributed by atoms with Gasteiger partial charge in [-0.05, 0) is 85.8 Å². The highest BCUT2D eigenvalue weighted by Crippen LogP contribution is 2.33. The summed E-state index contributed by atoms with van der Waals surface area (Å²) in [6.07, 6.45) is -9.64. The molecule has 83 heavy (non-hydrogen) atoms. The van der Waals surface area contributed by atoms with Crippen LogP contribution in [0.15, 0.2) is 99.8 Å². The van der Waals surface area contributed by atoms with Crippen molar-refractivity contribution in [3.63, 3.8) is 0 Å². The summed E-state index contributed by atoms with van der Waals surface area (Å²) in [7, 11) is 6.29. The predicted molar refractivity (Wildman–Crippen MR) is 288 cm³/mol. The maximum absolute atomic E-state index is 12.5. The number of hydrogen-bond donors (Lipinski definition) is 5. The standard InChI is InChI=1S/C22H22F3N5O5.C19H15F3N4O5.C12H15N3O2/c1-32-9-7-26-19(31)13-3-6-17-16(11-13)27-20(30(17)8-10-33-2)29-21-28-15-5-4-14(12-18(15)34-21)35-22(23,24)25;1-29-7-6-26-14-5-2-10(16(27)28)8-13(14)23-17(26)25-18-24-12-4-3-11(9-15(12)30-18)31-19(20,21)22;1-8(16)9-3-4-11-10(7-9)14-12(13)15(11)5-6-17-2/h3-6,11-12H,7-10H2,1-2H3,(H,26,31)(H,27,28,29);2-5,8-9H,6-7H2,1H3,(H,27,28)(H,23,24,25);3-4,7H,5-6H2,1-2H3,(H2,13,14). The largest absolute Gasteiger partial charge is 0.573 e. The van der Waals surface area contributed by atoms with Crippen molar-refractivity contribution in [2.45, 2.75) is 39.3 Å². The van der Waals surface area contributed by atoms with Crippen LogP contribution >= 0.6 is 0 Å². The summed E-state index contributed by atoms with van der Waals surface area (Å²) >= 11 is 0. The minimum absolute atomic E-state index is 0.00779. The summed E-state index contributed by atoms with van der Waals surface area (Å²) in [5.41, 5.74) is 11.8. The van der Waals surface area contributed by atoms with Gasteiger partial charge in [-0.15, -0.1) is 26.3 Å². The van der Waals surface area contributed by atoms with E-state index in [1.807, 2.05) is 15.2 Å². The van der Waals surface area contributed by atoms with Crippen molar-refractivity contribution in [3.05, 3.63) is 108 Å². The zero-order valence-electron chi connectivity index (χ0n) is 44.7. The first-order valence-electron chi connectivity index (χ1n) is 24.7. The number of benzene rings is 5. The van der Waals surface area contributed by atoms with Gasteiger partial charge in [-0.3, -0.25) is 20.2 Å². The molecule has 0 spiro atoms. The number of fused-ring (bicyclic) bond motifs is 5. The highest BCUT2D eigenvalue weighted by atomic mass is 19.4. The molecule has 438 valence electrons. The lowest BCUT2D eigenvalue weighted by atomic mass is 10.1. The SMILES string of the molecule is COCCNC(=O)c1ccc2c(c1)nc(Nc1nc3ccc(OC(F)(F)F)cc3o1)n2CCOC.COCCn1c(N)nc2cc(C(C)=O)ccc21.COCCn1c(Nc2nc3ccc(OC(F)(F)F)cc3o2)nc2cc(C(=O)O)ccc21. The number of aromatic carboxylic acids is 1. The van der Waals surface area contributed by atoms with Gasteiger partial charge in [-0.1, -0.05) is 0 Å². The number of hydrogen-bond acceptors (Lipinski definition) is 19. The molecule has 0 aliphatic carbocycles. The fraction of sp³-hybridized carbons (Fsp3) is 0.283. The summed E-state index contributed by atoms with van der Waals surface area (Å²) in [5, 5.41) is 17.8. The van der Waals surface area contributed by atoms with Crippen LogP contribution in [0, 0.1) is 0 Å². The van der Waals surface area contributed by atoms with Gasteiger partial charge >= 0.3 is 30.7 Å². The van der Waals surface area contributed by atoms with Crippen molar-refractivity contribution in [2.24, 2.45) is 0 Å². The fourth-order valence-electron chi connectivity index (χ4n) is 8.20. The number of nitrogens with zero attached hydrogens (tertiary/aromatic N) is 8. The number of ketones is 1. The minimum atomic E-state index is -4.82. The van der Waals surface area contributed by atoms with E-state index in [2.05, 4.69) is 50.3 Å². The van der Waals surface area contributed by atoms with E-state index in [-0.39, 0.29) is 40.4 Å². The molecule has 0 aliphatic rings. The van der Waals surface area contributed by atoms with Crippen molar-refractivity contribution >= 4 is 103 Å². The van der Waals surface area contributed by atoms with E-state index in [1.54, 1.807) is 62.3 Å². The quantitative estimate of drug-likeness (QED) is 0.0254. The Labute approximate surface area is 465 Å². The lowest BCUT2D eigenvalue weighted by molar-refractivity contribution is -0.275. The maximum Gasteiger partial charge on any atom is 0.573 e. The number of carboxylic acids is 1. The topological polar surface area (TPSA) is 294 Å². The van der Waals surface area contributed by atoms with Crippen molar-refractivity contribution in [3.8, 4) is 11.5 Å². The first kappa shape index (κ1) is 59.6. The van der Waals surface area contributed by atoms with E-state index in [1.165, 1.54) is 38.3 Å². The molecule has 0 saturated heterocycles. The van der Waals surface area contributed by atoms with Crippen LogP contribution in [0.3, 0.4) is 0 Å². The van der Waals surface area contributed by atoms with Crippen LogP contribution in [-0.4, -0.2) is 136 Å². The summed E-state index contributed by atoms with van der Waals surface area (Å²) < 4.78 is 119. The van der Waals surface area contributed by atoms with E-state index in [0.29, 0.717) is 109 Å². The molecule has 30 heteroatoms. The van der Waals surface area contributed by atoms with Gasteiger partial charge in [-0.25, -0.2) is 19.7 Å². The Balaban J connectivity index is 0.000000172. The molecule has 0 atom stereocenters. The Hall–Kier alpha value is -9.52. The molecule has 5 aromatic carbocycles. The number of carbonyl (C=O) groups is 3. The lowest BCUT2D eigenvalue weighted by Gasteiger charge is -2.08. The molecular weight excluding hydrogens is 1110 g/mol. The maximum atomic E-state index is 12.5. The molecule has 0 radical (unpaired) electrons. The summed E-state index contributed by atoms with van der Waals surface area (Å²) in [6.45, 7) is 5.08. The number of amides is 1. The second-order valence-electron chi connectivity index (χ2n) is 17.6. The fourth-order valence-corrected chi connectivity index (χ4v) is 8.20. The van der Waals surface area contributed by atoms with Crippen LogP contribution < -0.4 is 31.2 Å². The number of carbonyl (C=O) groups excluding carboxylic acids is 2. The molecule has 24 nitrogen and oxygen atoms in total. The molecule has 5 aromatic heterocycles. The van der Waals surface area contributed by atoms with Crippen LogP contribution in [0.1, 0.15) is 38.0 Å². The molecule has 0 bridgehead atoms. The number of oxazole rings is 2. The van der Waals surface area contributed by atoms with E-state index < -0.39 is 30.2 Å². The van der Waals surface area contributed by atoms with E-state index in [9.17, 15) is 45.8 Å². The molecule has 10 rings (SSSR count). The van der Waals surface area contributed by atoms with Gasteiger partial charge in [0.2, 0.25) is 17.8 Å². The number of anilines is 5. The number of nitrogens with one attached hydrogen (secondary N) is 3. The molecule has 10 aromatic rings. The minimum Gasteiger partial charge on any atom is -0.478 e. The Bertz CT molecular complexity index is 3930. The molecule has 0 fully saturated rings. The van der Waals surface area contributed by atoms with Crippen molar-refractivity contribution in [1.82, 2.24) is 43.9 Å². The zero-order valence-corrected chi connectivity index (χ0v) is 44.7. The van der Waals surface area contributed by atoms with Crippen LogP contribution in [0.5, 0.6) is 11.5 Å². The number of halogens is 6. The second kappa shape index (κ2) is 25.9. The number of Topliss-reactive ketones (excluding diaryl/α,β-unsaturated/α-hetero) is 1. The van der Waals surface area contributed by atoms with Gasteiger partial charge < -0.3 is 67.1 Å². The molecule has 0 saturated carbocycles. The molecule has 1 amide bonds. The second-order valence-corrected chi connectivity index (χ2v) is 17.6. The molecule has 0 unspecified atom stereocenters. The first-order chi connectivity index (χ1) is 39.6. The van der Waals surface area contributed by atoms with Crippen LogP contribution in [0.25, 0.3) is 55.3 Å².